The fourth-order valence-corrected chi connectivity index (χ4v) is 1.54. The number of aldehydes is 1. The van der Waals surface area contributed by atoms with Crippen molar-refractivity contribution in [2.45, 2.75) is 0 Å². The SMILES string of the molecule is O=Cc1nc(-c2cccc(Cl)c2)ccc1F. The Labute approximate surface area is 96.7 Å². The predicted molar refractivity (Wildman–Crippen MR) is 60.0 cm³/mol. The zero-order chi connectivity index (χ0) is 11.5. The maximum absolute atomic E-state index is 13.0. The molecule has 0 aliphatic heterocycles. The third kappa shape index (κ3) is 2.09. The van der Waals surface area contributed by atoms with Crippen LogP contribution in [0.3, 0.4) is 0 Å². The summed E-state index contributed by atoms with van der Waals surface area (Å²) in [6.07, 6.45) is 0.392. The van der Waals surface area contributed by atoms with Crippen LogP contribution in [0.1, 0.15) is 10.5 Å². The molecule has 0 amide bonds. The fourth-order valence-electron chi connectivity index (χ4n) is 1.35. The van der Waals surface area contributed by atoms with E-state index in [1.54, 1.807) is 24.3 Å². The first kappa shape index (κ1) is 10.8. The first-order valence-electron chi connectivity index (χ1n) is 4.58. The number of hydrogen-bond donors (Lipinski definition) is 0. The fraction of sp³-hybridized carbons (Fsp3) is 0. The molecule has 0 saturated heterocycles. The van der Waals surface area contributed by atoms with Crippen molar-refractivity contribution in [1.29, 1.82) is 0 Å². The van der Waals surface area contributed by atoms with Crippen LogP contribution in [0.25, 0.3) is 11.3 Å². The third-order valence-electron chi connectivity index (χ3n) is 2.11. The van der Waals surface area contributed by atoms with Gasteiger partial charge in [-0.2, -0.15) is 0 Å². The molecular formula is C12H7ClFNO. The van der Waals surface area contributed by atoms with Gasteiger partial charge in [-0.25, -0.2) is 9.37 Å². The molecule has 0 aliphatic carbocycles. The van der Waals surface area contributed by atoms with E-state index in [9.17, 15) is 9.18 Å². The molecule has 16 heavy (non-hydrogen) atoms. The average Bonchev–Trinajstić information content (AvgIpc) is 2.29. The van der Waals surface area contributed by atoms with Gasteiger partial charge in [-0.1, -0.05) is 23.7 Å². The number of pyridine rings is 1. The minimum absolute atomic E-state index is 0.197. The lowest BCUT2D eigenvalue weighted by molar-refractivity contribution is 0.111. The zero-order valence-electron chi connectivity index (χ0n) is 8.15. The van der Waals surface area contributed by atoms with E-state index in [4.69, 9.17) is 11.6 Å². The largest absolute Gasteiger partial charge is 0.296 e. The van der Waals surface area contributed by atoms with Gasteiger partial charge in [0.05, 0.1) is 5.69 Å². The number of benzene rings is 1. The number of carbonyl (C=O) groups excluding carboxylic acids is 1. The van der Waals surface area contributed by atoms with Gasteiger partial charge in [0.25, 0.3) is 0 Å². The summed E-state index contributed by atoms with van der Waals surface area (Å²) in [5.74, 6) is -0.624. The zero-order valence-corrected chi connectivity index (χ0v) is 8.91. The highest BCUT2D eigenvalue weighted by Crippen LogP contribution is 2.21. The molecule has 0 bridgehead atoms. The van der Waals surface area contributed by atoms with Crippen LogP contribution < -0.4 is 0 Å². The van der Waals surface area contributed by atoms with Crippen molar-refractivity contribution in [3.8, 4) is 11.3 Å². The molecule has 2 nitrogen and oxygen atoms in total. The molecule has 0 spiro atoms. The molecule has 1 aromatic heterocycles. The monoisotopic (exact) mass is 235 g/mol. The van der Waals surface area contributed by atoms with Gasteiger partial charge in [-0.3, -0.25) is 4.79 Å². The molecule has 80 valence electrons. The van der Waals surface area contributed by atoms with E-state index in [0.717, 1.165) is 5.56 Å². The second kappa shape index (κ2) is 4.41. The highest BCUT2D eigenvalue weighted by molar-refractivity contribution is 6.30. The molecule has 0 atom stereocenters. The summed E-state index contributed by atoms with van der Waals surface area (Å²) in [7, 11) is 0. The predicted octanol–water partition coefficient (Wildman–Crippen LogP) is 3.35. The number of carbonyl (C=O) groups is 1. The van der Waals surface area contributed by atoms with Crippen molar-refractivity contribution in [1.82, 2.24) is 4.98 Å². The standard InChI is InChI=1S/C12H7ClFNO/c13-9-3-1-2-8(6-9)11-5-4-10(14)12(7-16)15-11/h1-7H. The van der Waals surface area contributed by atoms with Crippen LogP contribution >= 0.6 is 11.6 Å². The first-order chi connectivity index (χ1) is 7.70. The molecular weight excluding hydrogens is 229 g/mol. The van der Waals surface area contributed by atoms with E-state index < -0.39 is 5.82 Å². The summed E-state index contributed by atoms with van der Waals surface area (Å²) in [6.45, 7) is 0. The number of hydrogen-bond acceptors (Lipinski definition) is 2. The second-order valence-electron chi connectivity index (χ2n) is 3.19. The van der Waals surface area contributed by atoms with Crippen LogP contribution in [0.2, 0.25) is 5.02 Å². The Kier molecular flexibility index (Phi) is 2.97. The van der Waals surface area contributed by atoms with E-state index in [-0.39, 0.29) is 5.69 Å². The van der Waals surface area contributed by atoms with Crippen molar-refractivity contribution >= 4 is 17.9 Å². The Hall–Kier alpha value is -1.74. The van der Waals surface area contributed by atoms with E-state index in [2.05, 4.69) is 4.98 Å². The lowest BCUT2D eigenvalue weighted by Crippen LogP contribution is -1.94. The number of aromatic nitrogens is 1. The van der Waals surface area contributed by atoms with Crippen LogP contribution in [-0.4, -0.2) is 11.3 Å². The maximum Gasteiger partial charge on any atom is 0.171 e. The molecule has 0 saturated carbocycles. The van der Waals surface area contributed by atoms with Gasteiger partial charge in [0, 0.05) is 10.6 Å². The number of nitrogens with zero attached hydrogens (tertiary/aromatic N) is 1. The molecule has 2 rings (SSSR count). The van der Waals surface area contributed by atoms with Crippen molar-refractivity contribution in [2.24, 2.45) is 0 Å². The minimum Gasteiger partial charge on any atom is -0.296 e. The Morgan fingerprint density at radius 1 is 1.25 bits per heavy atom. The van der Waals surface area contributed by atoms with E-state index in [1.807, 2.05) is 0 Å². The summed E-state index contributed by atoms with van der Waals surface area (Å²) in [6, 6.07) is 9.72. The Bertz CT molecular complexity index is 542. The second-order valence-corrected chi connectivity index (χ2v) is 3.63. The molecule has 2 aromatic rings. The van der Waals surface area contributed by atoms with Crippen molar-refractivity contribution < 1.29 is 9.18 Å². The van der Waals surface area contributed by atoms with Gasteiger partial charge in [0.2, 0.25) is 0 Å². The molecule has 4 heteroatoms. The molecule has 0 N–H and O–H groups in total. The normalized spacial score (nSPS) is 10.1. The summed E-state index contributed by atoms with van der Waals surface area (Å²) in [5, 5.41) is 0.566. The molecule has 1 heterocycles. The summed E-state index contributed by atoms with van der Waals surface area (Å²) >= 11 is 5.83. The Balaban J connectivity index is 2.52. The van der Waals surface area contributed by atoms with E-state index in [1.165, 1.54) is 12.1 Å². The Morgan fingerprint density at radius 3 is 2.75 bits per heavy atom. The summed E-state index contributed by atoms with van der Waals surface area (Å²) in [5.41, 5.74) is 1.07. The van der Waals surface area contributed by atoms with Gasteiger partial charge in [-0.15, -0.1) is 0 Å². The van der Waals surface area contributed by atoms with Crippen LogP contribution in [0.5, 0.6) is 0 Å². The van der Waals surface area contributed by atoms with Crippen LogP contribution in [0.15, 0.2) is 36.4 Å². The van der Waals surface area contributed by atoms with Gasteiger partial charge in [0.1, 0.15) is 5.69 Å². The molecule has 0 aliphatic rings. The quantitative estimate of drug-likeness (QED) is 0.747. The lowest BCUT2D eigenvalue weighted by Gasteiger charge is -2.02. The Morgan fingerprint density at radius 2 is 2.06 bits per heavy atom. The van der Waals surface area contributed by atoms with Gasteiger partial charge < -0.3 is 0 Å². The molecule has 0 fully saturated rings. The van der Waals surface area contributed by atoms with Crippen molar-refractivity contribution in [2.75, 3.05) is 0 Å². The lowest BCUT2D eigenvalue weighted by atomic mass is 10.1. The van der Waals surface area contributed by atoms with Crippen LogP contribution in [0.4, 0.5) is 4.39 Å². The third-order valence-corrected chi connectivity index (χ3v) is 2.34. The van der Waals surface area contributed by atoms with Crippen molar-refractivity contribution in [3.05, 3.63) is 52.9 Å². The smallest absolute Gasteiger partial charge is 0.171 e. The highest BCUT2D eigenvalue weighted by Gasteiger charge is 2.06. The molecule has 0 radical (unpaired) electrons. The topological polar surface area (TPSA) is 30.0 Å². The maximum atomic E-state index is 13.0. The first-order valence-corrected chi connectivity index (χ1v) is 4.96. The van der Waals surface area contributed by atoms with Gasteiger partial charge in [0.15, 0.2) is 12.1 Å². The molecule has 1 aromatic carbocycles. The molecule has 0 unspecified atom stereocenters. The average molecular weight is 236 g/mol. The van der Waals surface area contributed by atoms with Crippen molar-refractivity contribution in [3.63, 3.8) is 0 Å². The van der Waals surface area contributed by atoms with E-state index >= 15 is 0 Å². The number of rotatable bonds is 2. The summed E-state index contributed by atoms with van der Waals surface area (Å²) in [4.78, 5) is 14.4. The van der Waals surface area contributed by atoms with Gasteiger partial charge in [-0.05, 0) is 24.3 Å². The minimum atomic E-state index is -0.624. The van der Waals surface area contributed by atoms with E-state index in [0.29, 0.717) is 17.0 Å². The summed E-state index contributed by atoms with van der Waals surface area (Å²) < 4.78 is 13.0. The van der Waals surface area contributed by atoms with Crippen LogP contribution in [-0.2, 0) is 0 Å². The van der Waals surface area contributed by atoms with Crippen LogP contribution in [0, 0.1) is 5.82 Å². The van der Waals surface area contributed by atoms with Gasteiger partial charge >= 0.3 is 0 Å². The number of halogens is 2. The highest BCUT2D eigenvalue weighted by atomic mass is 35.5.